The lowest BCUT2D eigenvalue weighted by Crippen LogP contribution is -2.51. The summed E-state index contributed by atoms with van der Waals surface area (Å²) in [5, 5.41) is 17.5. The van der Waals surface area contributed by atoms with Gasteiger partial charge >= 0.3 is 0 Å². The summed E-state index contributed by atoms with van der Waals surface area (Å²) in [6.45, 7) is 6.44. The highest BCUT2D eigenvalue weighted by Crippen LogP contribution is 2.21. The van der Waals surface area contributed by atoms with Crippen LogP contribution >= 0.6 is 0 Å². The molecule has 1 aliphatic rings. The Kier molecular flexibility index (Phi) is 8.79. The third-order valence-corrected chi connectivity index (χ3v) is 7.13. The van der Waals surface area contributed by atoms with Crippen molar-refractivity contribution in [2.24, 2.45) is 0 Å². The van der Waals surface area contributed by atoms with E-state index in [2.05, 4.69) is 13.8 Å². The van der Waals surface area contributed by atoms with E-state index in [1.54, 1.807) is 12.1 Å². The van der Waals surface area contributed by atoms with Crippen LogP contribution < -0.4 is 0 Å². The average Bonchev–Trinajstić information content (AvgIpc) is 2.74. The van der Waals surface area contributed by atoms with Gasteiger partial charge in [0.2, 0.25) is 15.9 Å². The summed E-state index contributed by atoms with van der Waals surface area (Å²) < 4.78 is 27.3. The Morgan fingerprint density at radius 3 is 2.03 bits per heavy atom. The lowest BCUT2D eigenvalue weighted by molar-refractivity contribution is -0.132. The van der Waals surface area contributed by atoms with E-state index in [9.17, 15) is 13.2 Å². The number of sulfonamides is 1. The maximum Gasteiger partial charge on any atom is 0.243 e. The third-order valence-electron chi connectivity index (χ3n) is 5.21. The fourth-order valence-corrected chi connectivity index (χ4v) is 4.75. The van der Waals surface area contributed by atoms with Gasteiger partial charge in [-0.1, -0.05) is 26.0 Å². The van der Waals surface area contributed by atoms with Gasteiger partial charge in [-0.3, -0.25) is 9.69 Å². The maximum atomic E-state index is 12.9. The van der Waals surface area contributed by atoms with E-state index in [1.807, 2.05) is 29.2 Å². The Bertz CT molecular complexity index is 874. The van der Waals surface area contributed by atoms with Crippen LogP contribution in [0.1, 0.15) is 38.2 Å². The lowest BCUT2D eigenvalue weighted by Gasteiger charge is -2.34. The smallest absolute Gasteiger partial charge is 0.243 e. The molecule has 0 aromatic heterocycles. The molecular weight excluding hydrogens is 402 g/mol. The number of carbonyl (C=O) groups excluding carboxylic acids is 1. The first-order valence-electron chi connectivity index (χ1n) is 10.1. The van der Waals surface area contributed by atoms with Gasteiger partial charge in [0.1, 0.15) is 0 Å². The molecule has 0 radical (unpaired) electrons. The Morgan fingerprint density at radius 2 is 1.57 bits per heavy atom. The van der Waals surface area contributed by atoms with Gasteiger partial charge in [-0.2, -0.15) is 14.8 Å². The van der Waals surface area contributed by atoms with Gasteiger partial charge in [-0.05, 0) is 23.6 Å². The molecule has 0 spiro atoms. The van der Waals surface area contributed by atoms with Gasteiger partial charge in [0, 0.05) is 39.3 Å². The molecule has 1 aliphatic heterocycles. The Morgan fingerprint density at radius 1 is 1.03 bits per heavy atom. The van der Waals surface area contributed by atoms with Crippen molar-refractivity contribution in [2.45, 2.75) is 37.5 Å². The quantitative estimate of drug-likeness (QED) is 0.590. The third kappa shape index (κ3) is 6.27. The summed E-state index contributed by atoms with van der Waals surface area (Å²) in [7, 11) is -3.56. The molecule has 0 unspecified atom stereocenters. The number of rotatable bonds is 9. The van der Waals surface area contributed by atoms with E-state index in [0.717, 1.165) is 5.56 Å². The molecule has 1 heterocycles. The van der Waals surface area contributed by atoms with Gasteiger partial charge in [0.05, 0.1) is 36.4 Å². The molecular formula is C21H29N5O3S. The van der Waals surface area contributed by atoms with Crippen molar-refractivity contribution in [3.63, 3.8) is 0 Å². The lowest BCUT2D eigenvalue weighted by atomic mass is 10.0. The number of hydrogen-bond donors (Lipinski definition) is 0. The first-order chi connectivity index (χ1) is 14.3. The summed E-state index contributed by atoms with van der Waals surface area (Å²) in [6, 6.07) is 11.0. The second-order valence-corrected chi connectivity index (χ2v) is 9.54. The molecule has 1 amide bonds. The van der Waals surface area contributed by atoms with E-state index in [-0.39, 0.29) is 30.2 Å². The average molecular weight is 432 g/mol. The van der Waals surface area contributed by atoms with Crippen LogP contribution in [0.5, 0.6) is 0 Å². The van der Waals surface area contributed by atoms with Crippen LogP contribution in [0.25, 0.3) is 0 Å². The van der Waals surface area contributed by atoms with Crippen molar-refractivity contribution < 1.29 is 13.2 Å². The number of carbonyl (C=O) groups is 1. The zero-order chi connectivity index (χ0) is 22.1. The SMILES string of the molecule is CC(C)c1ccc(S(=O)(=O)N2CCN(CC(=O)N(CCC#N)CCC#N)CC2)cc1. The molecule has 1 saturated heterocycles. The molecule has 162 valence electrons. The summed E-state index contributed by atoms with van der Waals surface area (Å²) in [5.41, 5.74) is 1.09. The van der Waals surface area contributed by atoms with Crippen LogP contribution in [0, 0.1) is 22.7 Å². The first-order valence-corrected chi connectivity index (χ1v) is 11.6. The largest absolute Gasteiger partial charge is 0.340 e. The van der Waals surface area contributed by atoms with Gasteiger partial charge in [0.25, 0.3) is 0 Å². The van der Waals surface area contributed by atoms with E-state index in [1.165, 1.54) is 9.21 Å². The molecule has 1 aromatic rings. The minimum atomic E-state index is -3.56. The van der Waals surface area contributed by atoms with Crippen molar-refractivity contribution in [3.8, 4) is 12.1 Å². The summed E-state index contributed by atoms with van der Waals surface area (Å²) in [4.78, 5) is 16.3. The van der Waals surface area contributed by atoms with Crippen LogP contribution in [0.3, 0.4) is 0 Å². The van der Waals surface area contributed by atoms with Crippen molar-refractivity contribution in [1.82, 2.24) is 14.1 Å². The van der Waals surface area contributed by atoms with Crippen molar-refractivity contribution in [1.29, 1.82) is 10.5 Å². The minimum Gasteiger partial charge on any atom is -0.340 e. The highest BCUT2D eigenvalue weighted by Gasteiger charge is 2.29. The van der Waals surface area contributed by atoms with Gasteiger partial charge in [-0.25, -0.2) is 8.42 Å². The van der Waals surface area contributed by atoms with Crippen LogP contribution in [-0.4, -0.2) is 74.2 Å². The monoisotopic (exact) mass is 431 g/mol. The van der Waals surface area contributed by atoms with E-state index in [0.29, 0.717) is 45.2 Å². The molecule has 8 nitrogen and oxygen atoms in total. The summed E-state index contributed by atoms with van der Waals surface area (Å²) in [6.07, 6.45) is 0.442. The number of piperazine rings is 1. The molecule has 1 fully saturated rings. The zero-order valence-corrected chi connectivity index (χ0v) is 18.4. The standard InChI is InChI=1S/C21H29N5O3S/c1-18(2)19-5-7-20(8-6-19)30(28,29)26-15-13-24(14-16-26)17-21(27)25(11-3-9-22)12-4-10-23/h5-8,18H,3-4,11-17H2,1-2H3. The van der Waals surface area contributed by atoms with Crippen LogP contribution in [0.4, 0.5) is 0 Å². The highest BCUT2D eigenvalue weighted by molar-refractivity contribution is 7.89. The van der Waals surface area contributed by atoms with Crippen LogP contribution in [0.2, 0.25) is 0 Å². The van der Waals surface area contributed by atoms with Crippen molar-refractivity contribution >= 4 is 15.9 Å². The fourth-order valence-electron chi connectivity index (χ4n) is 3.32. The van der Waals surface area contributed by atoms with E-state index < -0.39 is 10.0 Å². The summed E-state index contributed by atoms with van der Waals surface area (Å²) in [5.74, 6) is 0.199. The number of nitrogens with zero attached hydrogens (tertiary/aromatic N) is 5. The molecule has 1 aromatic carbocycles. The predicted octanol–water partition coefficient (Wildman–Crippen LogP) is 1.77. The predicted molar refractivity (Wildman–Crippen MR) is 113 cm³/mol. The number of amides is 1. The maximum absolute atomic E-state index is 12.9. The highest BCUT2D eigenvalue weighted by atomic mass is 32.2. The summed E-state index contributed by atoms with van der Waals surface area (Å²) >= 11 is 0. The van der Waals surface area contributed by atoms with Crippen molar-refractivity contribution in [3.05, 3.63) is 29.8 Å². The van der Waals surface area contributed by atoms with E-state index >= 15 is 0 Å². The Balaban J connectivity index is 1.94. The Hall–Kier alpha value is -2.46. The first kappa shape index (κ1) is 23.8. The van der Waals surface area contributed by atoms with Gasteiger partial charge in [0.15, 0.2) is 0 Å². The molecule has 0 saturated carbocycles. The fraction of sp³-hybridized carbons (Fsp3) is 0.571. The number of benzene rings is 1. The minimum absolute atomic E-state index is 0.138. The molecule has 2 rings (SSSR count). The molecule has 9 heteroatoms. The number of hydrogen-bond acceptors (Lipinski definition) is 6. The van der Waals surface area contributed by atoms with Gasteiger partial charge in [-0.15, -0.1) is 0 Å². The number of nitriles is 2. The molecule has 0 bridgehead atoms. The Labute approximate surface area is 179 Å². The molecule has 0 atom stereocenters. The molecule has 30 heavy (non-hydrogen) atoms. The van der Waals surface area contributed by atoms with Crippen LogP contribution in [-0.2, 0) is 14.8 Å². The van der Waals surface area contributed by atoms with Crippen molar-refractivity contribution in [2.75, 3.05) is 45.8 Å². The normalized spacial score (nSPS) is 15.5. The van der Waals surface area contributed by atoms with E-state index in [4.69, 9.17) is 10.5 Å². The second kappa shape index (κ2) is 11.1. The van der Waals surface area contributed by atoms with Gasteiger partial charge < -0.3 is 4.90 Å². The topological polar surface area (TPSA) is 109 Å². The molecule has 0 aliphatic carbocycles. The van der Waals surface area contributed by atoms with Crippen LogP contribution in [0.15, 0.2) is 29.2 Å². The molecule has 0 N–H and O–H groups in total. The second-order valence-electron chi connectivity index (χ2n) is 7.60. The zero-order valence-electron chi connectivity index (χ0n) is 17.6.